The van der Waals surface area contributed by atoms with Gasteiger partial charge in [-0.3, -0.25) is 0 Å². The van der Waals surface area contributed by atoms with E-state index in [2.05, 4.69) is 25.6 Å². The molecule has 1 unspecified atom stereocenters. The smallest absolute Gasteiger partial charge is 0.224 e. The van der Waals surface area contributed by atoms with Crippen molar-refractivity contribution in [2.75, 3.05) is 17.2 Å². The molecule has 0 aliphatic heterocycles. The minimum absolute atomic E-state index is 0.0427. The maximum Gasteiger partial charge on any atom is 0.224 e. The summed E-state index contributed by atoms with van der Waals surface area (Å²) in [5.74, 6) is 0.157. The number of hydrogen-bond donors (Lipinski definition) is 2. The van der Waals surface area contributed by atoms with Crippen molar-refractivity contribution in [1.29, 1.82) is 0 Å². The molecule has 0 aromatic carbocycles. The van der Waals surface area contributed by atoms with Crippen molar-refractivity contribution in [2.24, 2.45) is 0 Å². The second-order valence-electron chi connectivity index (χ2n) is 3.90. The first-order chi connectivity index (χ1) is 9.24. The van der Waals surface area contributed by atoms with Gasteiger partial charge in [-0.1, -0.05) is 6.92 Å². The predicted octanol–water partition coefficient (Wildman–Crippen LogP) is 3.07. The van der Waals surface area contributed by atoms with Gasteiger partial charge in [0.15, 0.2) is 11.6 Å². The van der Waals surface area contributed by atoms with Crippen LogP contribution in [-0.4, -0.2) is 21.5 Å². The second kappa shape index (κ2) is 6.42. The van der Waals surface area contributed by atoms with Crippen LogP contribution >= 0.6 is 11.3 Å². The van der Waals surface area contributed by atoms with Crippen molar-refractivity contribution in [1.82, 2.24) is 15.0 Å². The molecule has 0 fully saturated rings. The first kappa shape index (κ1) is 13.7. The Labute approximate surface area is 115 Å². The molecule has 1 atom stereocenters. The molecular formula is C12H16FN5S. The Morgan fingerprint density at radius 2 is 2.21 bits per heavy atom. The second-order valence-corrected chi connectivity index (χ2v) is 4.82. The number of rotatable bonds is 6. The highest BCUT2D eigenvalue weighted by atomic mass is 32.1. The van der Waals surface area contributed by atoms with Crippen LogP contribution in [0.1, 0.15) is 31.3 Å². The van der Waals surface area contributed by atoms with Crippen LogP contribution in [0.3, 0.4) is 0 Å². The van der Waals surface area contributed by atoms with Crippen LogP contribution < -0.4 is 10.6 Å². The van der Waals surface area contributed by atoms with Crippen molar-refractivity contribution in [2.45, 2.75) is 26.3 Å². The average Bonchev–Trinajstić information content (AvgIpc) is 2.93. The van der Waals surface area contributed by atoms with Crippen LogP contribution in [0.2, 0.25) is 0 Å². The van der Waals surface area contributed by atoms with Crippen molar-refractivity contribution in [3.63, 3.8) is 0 Å². The molecule has 0 spiro atoms. The number of nitrogens with one attached hydrogen (secondary N) is 2. The molecule has 0 saturated carbocycles. The van der Waals surface area contributed by atoms with E-state index in [1.807, 2.05) is 19.2 Å². The molecule has 7 heteroatoms. The molecule has 0 radical (unpaired) electrons. The molecular weight excluding hydrogens is 265 g/mol. The van der Waals surface area contributed by atoms with Crippen molar-refractivity contribution in [3.05, 3.63) is 28.6 Å². The SMILES string of the molecule is CCNc1ncc(F)c(NC(CC)c2nccs2)n1. The summed E-state index contributed by atoms with van der Waals surface area (Å²) >= 11 is 1.54. The van der Waals surface area contributed by atoms with E-state index in [0.29, 0.717) is 12.5 Å². The van der Waals surface area contributed by atoms with E-state index in [1.54, 1.807) is 17.5 Å². The molecule has 2 rings (SSSR count). The zero-order valence-corrected chi connectivity index (χ0v) is 11.7. The third-order valence-corrected chi connectivity index (χ3v) is 3.44. The van der Waals surface area contributed by atoms with Gasteiger partial charge in [0, 0.05) is 18.1 Å². The van der Waals surface area contributed by atoms with Gasteiger partial charge in [0.2, 0.25) is 5.95 Å². The first-order valence-electron chi connectivity index (χ1n) is 6.17. The fourth-order valence-electron chi connectivity index (χ4n) is 1.62. The van der Waals surface area contributed by atoms with Gasteiger partial charge in [-0.25, -0.2) is 14.4 Å². The van der Waals surface area contributed by atoms with Gasteiger partial charge in [0.1, 0.15) is 5.01 Å². The molecule has 2 aromatic heterocycles. The minimum Gasteiger partial charge on any atom is -0.358 e. The van der Waals surface area contributed by atoms with E-state index in [1.165, 1.54) is 6.20 Å². The third kappa shape index (κ3) is 3.37. The van der Waals surface area contributed by atoms with Gasteiger partial charge in [-0.2, -0.15) is 4.98 Å². The summed E-state index contributed by atoms with van der Waals surface area (Å²) in [5, 5.41) is 8.86. The largest absolute Gasteiger partial charge is 0.358 e. The Hall–Kier alpha value is -1.76. The average molecular weight is 281 g/mol. The molecule has 0 aliphatic carbocycles. The zero-order chi connectivity index (χ0) is 13.7. The molecule has 0 saturated heterocycles. The van der Waals surface area contributed by atoms with Crippen LogP contribution in [0.5, 0.6) is 0 Å². The van der Waals surface area contributed by atoms with Crippen molar-refractivity contribution in [3.8, 4) is 0 Å². The lowest BCUT2D eigenvalue weighted by Gasteiger charge is -2.16. The molecule has 0 aliphatic rings. The lowest BCUT2D eigenvalue weighted by atomic mass is 10.2. The molecule has 0 amide bonds. The van der Waals surface area contributed by atoms with E-state index >= 15 is 0 Å². The Bertz CT molecular complexity index is 517. The maximum atomic E-state index is 13.7. The molecule has 2 aromatic rings. The summed E-state index contributed by atoms with van der Waals surface area (Å²) in [7, 11) is 0. The number of nitrogens with zero attached hydrogens (tertiary/aromatic N) is 3. The van der Waals surface area contributed by atoms with E-state index in [0.717, 1.165) is 11.4 Å². The molecule has 2 N–H and O–H groups in total. The summed E-state index contributed by atoms with van der Waals surface area (Å²) in [5.41, 5.74) is 0. The fourth-order valence-corrected chi connectivity index (χ4v) is 2.39. The standard InChI is InChI=1S/C12H16FN5S/c1-3-9(11-15-5-6-19-11)17-10-8(13)7-16-12(18-10)14-4-2/h5-7,9H,3-4H2,1-2H3,(H2,14,16,17,18). The topological polar surface area (TPSA) is 62.7 Å². The number of hydrogen-bond acceptors (Lipinski definition) is 6. The zero-order valence-electron chi connectivity index (χ0n) is 10.9. The Morgan fingerprint density at radius 1 is 1.37 bits per heavy atom. The quantitative estimate of drug-likeness (QED) is 0.852. The molecule has 5 nitrogen and oxygen atoms in total. The normalized spacial score (nSPS) is 12.2. The Kier molecular flexibility index (Phi) is 4.62. The van der Waals surface area contributed by atoms with Gasteiger partial charge in [0.25, 0.3) is 0 Å². The molecule has 0 bridgehead atoms. The highest BCUT2D eigenvalue weighted by molar-refractivity contribution is 7.09. The molecule has 19 heavy (non-hydrogen) atoms. The number of anilines is 2. The van der Waals surface area contributed by atoms with E-state index < -0.39 is 5.82 Å². The minimum atomic E-state index is -0.461. The molecule has 102 valence electrons. The van der Waals surface area contributed by atoms with Crippen LogP contribution in [0.4, 0.5) is 16.2 Å². The van der Waals surface area contributed by atoms with Gasteiger partial charge in [-0.15, -0.1) is 11.3 Å². The summed E-state index contributed by atoms with van der Waals surface area (Å²) in [6.45, 7) is 4.64. The van der Waals surface area contributed by atoms with Crippen LogP contribution in [0, 0.1) is 5.82 Å². The van der Waals surface area contributed by atoms with Gasteiger partial charge in [0.05, 0.1) is 12.2 Å². The first-order valence-corrected chi connectivity index (χ1v) is 7.04. The number of aromatic nitrogens is 3. The Morgan fingerprint density at radius 3 is 2.84 bits per heavy atom. The van der Waals surface area contributed by atoms with Crippen LogP contribution in [-0.2, 0) is 0 Å². The van der Waals surface area contributed by atoms with Gasteiger partial charge in [-0.05, 0) is 13.3 Å². The molecule has 2 heterocycles. The summed E-state index contributed by atoms with van der Waals surface area (Å²) in [6.07, 6.45) is 3.71. The monoisotopic (exact) mass is 281 g/mol. The third-order valence-electron chi connectivity index (χ3n) is 2.55. The van der Waals surface area contributed by atoms with Crippen LogP contribution in [0.15, 0.2) is 17.8 Å². The number of halogens is 1. The summed E-state index contributed by atoms with van der Waals surface area (Å²) in [6, 6.07) is -0.0427. The summed E-state index contributed by atoms with van der Waals surface area (Å²) in [4.78, 5) is 12.2. The van der Waals surface area contributed by atoms with Crippen molar-refractivity contribution < 1.29 is 4.39 Å². The van der Waals surface area contributed by atoms with Crippen LogP contribution in [0.25, 0.3) is 0 Å². The highest BCUT2D eigenvalue weighted by Gasteiger charge is 2.15. The van der Waals surface area contributed by atoms with Gasteiger partial charge < -0.3 is 10.6 Å². The van der Waals surface area contributed by atoms with Gasteiger partial charge >= 0.3 is 0 Å². The lowest BCUT2D eigenvalue weighted by Crippen LogP contribution is -2.13. The van der Waals surface area contributed by atoms with E-state index in [9.17, 15) is 4.39 Å². The predicted molar refractivity (Wildman–Crippen MR) is 74.9 cm³/mol. The fraction of sp³-hybridized carbons (Fsp3) is 0.417. The highest BCUT2D eigenvalue weighted by Crippen LogP contribution is 2.24. The van der Waals surface area contributed by atoms with E-state index in [4.69, 9.17) is 0 Å². The number of thiazole rings is 1. The lowest BCUT2D eigenvalue weighted by molar-refractivity contribution is 0.610. The van der Waals surface area contributed by atoms with Crippen molar-refractivity contribution >= 4 is 23.1 Å². The summed E-state index contributed by atoms with van der Waals surface area (Å²) < 4.78 is 13.7. The van der Waals surface area contributed by atoms with E-state index in [-0.39, 0.29) is 11.9 Å². The Balaban J connectivity index is 2.19. The maximum absolute atomic E-state index is 13.7.